The molecule has 0 bridgehead atoms. The molecule has 1 saturated heterocycles. The molecule has 28 heavy (non-hydrogen) atoms. The first kappa shape index (κ1) is 25.3. The number of hydrogen-bond donors (Lipinski definition) is 0. The zero-order valence-corrected chi connectivity index (χ0v) is 16.4. The van der Waals surface area contributed by atoms with Crippen molar-refractivity contribution in [1.82, 2.24) is 12.9 Å². The third-order valence-corrected chi connectivity index (χ3v) is 9.09. The quantitative estimate of drug-likeness (QED) is 0.362. The molecule has 1 aliphatic rings. The molecule has 0 radical (unpaired) electrons. The lowest BCUT2D eigenvalue weighted by atomic mass is 10.3. The fourth-order valence-electron chi connectivity index (χ4n) is 1.96. The molecule has 168 valence electrons. The van der Waals surface area contributed by atoms with Crippen LogP contribution >= 0.6 is 0 Å². The van der Waals surface area contributed by atoms with Gasteiger partial charge in [0.2, 0.25) is 0 Å². The van der Waals surface area contributed by atoms with Crippen LogP contribution in [0.1, 0.15) is 0 Å². The molecule has 0 amide bonds. The highest BCUT2D eigenvalue weighted by Crippen LogP contribution is 2.52. The summed E-state index contributed by atoms with van der Waals surface area (Å²) in [5.41, 5.74) is 0. The first-order valence-corrected chi connectivity index (χ1v) is 11.1. The number of hydrogen-bond acceptors (Lipinski definition) is 7. The SMILES string of the molecule is CN1CCN(S(=O)(=O)C(F)(F)C(F)(F)C(F)(F)S(=O)(=O)N(C)S(=O)(=O)F)CC1. The monoisotopic (exact) mass is 489 g/mol. The minimum atomic E-state index is -7.32. The molecule has 0 unspecified atom stereocenters. The van der Waals surface area contributed by atoms with Crippen LogP contribution in [0.5, 0.6) is 0 Å². The van der Waals surface area contributed by atoms with Crippen molar-refractivity contribution in [3.8, 4) is 0 Å². The highest BCUT2D eigenvalue weighted by molar-refractivity contribution is 8.02. The van der Waals surface area contributed by atoms with Crippen molar-refractivity contribution in [3.63, 3.8) is 0 Å². The topological polar surface area (TPSA) is 112 Å². The Morgan fingerprint density at radius 1 is 0.786 bits per heavy atom. The van der Waals surface area contributed by atoms with Gasteiger partial charge in [-0.1, -0.05) is 7.60 Å². The summed E-state index contributed by atoms with van der Waals surface area (Å²) in [6.07, 6.45) is 0. The van der Waals surface area contributed by atoms with E-state index in [1.165, 1.54) is 11.9 Å². The number of alkyl halides is 6. The van der Waals surface area contributed by atoms with E-state index >= 15 is 0 Å². The van der Waals surface area contributed by atoms with E-state index in [2.05, 4.69) is 0 Å². The highest BCUT2D eigenvalue weighted by Gasteiger charge is 2.83. The molecule has 0 aromatic rings. The van der Waals surface area contributed by atoms with Crippen molar-refractivity contribution in [2.45, 2.75) is 16.4 Å². The van der Waals surface area contributed by atoms with E-state index < -0.39 is 70.7 Å². The molecule has 1 heterocycles. The maximum atomic E-state index is 14.0. The van der Waals surface area contributed by atoms with Gasteiger partial charge < -0.3 is 4.90 Å². The molecule has 0 aromatic carbocycles. The van der Waals surface area contributed by atoms with Crippen molar-refractivity contribution in [2.24, 2.45) is 0 Å². The summed E-state index contributed by atoms with van der Waals surface area (Å²) in [5, 5.41) is -13.7. The molecule has 9 nitrogen and oxygen atoms in total. The number of nitrogens with zero attached hydrogens (tertiary/aromatic N) is 3. The number of sulfonamides is 2. The van der Waals surface area contributed by atoms with Crippen LogP contribution in [-0.2, 0) is 30.5 Å². The van der Waals surface area contributed by atoms with Gasteiger partial charge in [-0.05, 0) is 7.05 Å². The molecule has 0 saturated carbocycles. The smallest absolute Gasteiger partial charge is 0.304 e. The van der Waals surface area contributed by atoms with Gasteiger partial charge in [0.25, 0.3) is 10.0 Å². The molecule has 0 atom stereocenters. The van der Waals surface area contributed by atoms with Gasteiger partial charge in [0.05, 0.1) is 0 Å². The van der Waals surface area contributed by atoms with Gasteiger partial charge in [-0.15, -0.1) is 0 Å². The molecular weight excluding hydrogens is 475 g/mol. The van der Waals surface area contributed by atoms with Crippen LogP contribution in [0, 0.1) is 0 Å². The second-order valence-corrected chi connectivity index (χ2v) is 11.2. The van der Waals surface area contributed by atoms with Crippen molar-refractivity contribution >= 4 is 30.5 Å². The van der Waals surface area contributed by atoms with Crippen LogP contribution in [0.25, 0.3) is 0 Å². The number of halogens is 7. The van der Waals surface area contributed by atoms with Crippen molar-refractivity contribution in [1.29, 1.82) is 0 Å². The second-order valence-electron chi connectivity index (χ2n) is 5.64. The Hall–Kier alpha value is -0.760. The van der Waals surface area contributed by atoms with Gasteiger partial charge in [0.1, 0.15) is 0 Å². The summed E-state index contributed by atoms with van der Waals surface area (Å²) in [7, 11) is -19.5. The standard InChI is InChI=1S/C9H14F7N3O6S3/c1-17-3-5-19(6-4-17)27(22,23)9(14,15)7(10,11)8(12,13)26(20,21)18(2)28(16,24)25/h3-6H2,1-2H3. The van der Waals surface area contributed by atoms with E-state index in [0.29, 0.717) is 0 Å². The molecule has 0 N–H and O–H groups in total. The number of rotatable bonds is 7. The Kier molecular flexibility index (Phi) is 6.48. The van der Waals surface area contributed by atoms with E-state index in [-0.39, 0.29) is 17.4 Å². The summed E-state index contributed by atoms with van der Waals surface area (Å²) in [4.78, 5) is 1.41. The van der Waals surface area contributed by atoms with Crippen molar-refractivity contribution in [2.75, 3.05) is 40.3 Å². The molecule has 0 aliphatic carbocycles. The Labute approximate surface area is 156 Å². The zero-order valence-electron chi connectivity index (χ0n) is 14.0. The second kappa shape index (κ2) is 7.18. The Bertz CT molecular complexity index is 913. The number of piperazine rings is 1. The molecule has 0 aromatic heterocycles. The van der Waals surface area contributed by atoms with Crippen molar-refractivity contribution in [3.05, 3.63) is 0 Å². The Morgan fingerprint density at radius 2 is 1.18 bits per heavy atom. The first-order valence-electron chi connectivity index (χ1n) is 6.90. The maximum Gasteiger partial charge on any atom is 0.429 e. The molecular formula is C9H14F7N3O6S3. The van der Waals surface area contributed by atoms with E-state index in [0.717, 1.165) is 0 Å². The van der Waals surface area contributed by atoms with Crippen LogP contribution in [-0.4, -0.2) is 94.9 Å². The van der Waals surface area contributed by atoms with Gasteiger partial charge >= 0.3 is 36.9 Å². The first-order chi connectivity index (χ1) is 12.2. The van der Waals surface area contributed by atoms with Crippen LogP contribution in [0.3, 0.4) is 0 Å². The minimum Gasteiger partial charge on any atom is -0.304 e. The predicted octanol–water partition coefficient (Wildman–Crippen LogP) is -0.140. The molecule has 19 heteroatoms. The molecule has 1 fully saturated rings. The average Bonchev–Trinajstić information content (AvgIpc) is 2.52. The fraction of sp³-hybridized carbons (Fsp3) is 1.00. The van der Waals surface area contributed by atoms with E-state index in [9.17, 15) is 55.5 Å². The van der Waals surface area contributed by atoms with E-state index in [1.807, 2.05) is 0 Å². The zero-order chi connectivity index (χ0) is 22.6. The predicted molar refractivity (Wildman–Crippen MR) is 79.5 cm³/mol. The Balaban J connectivity index is 3.49. The van der Waals surface area contributed by atoms with Crippen molar-refractivity contribution < 1.29 is 55.5 Å². The third kappa shape index (κ3) is 3.71. The highest BCUT2D eigenvalue weighted by atomic mass is 32.3. The minimum absolute atomic E-state index is 0.224. The van der Waals surface area contributed by atoms with E-state index in [4.69, 9.17) is 0 Å². The third-order valence-electron chi connectivity index (χ3n) is 3.83. The fourth-order valence-corrected chi connectivity index (χ4v) is 5.44. The summed E-state index contributed by atoms with van der Waals surface area (Å²) < 4.78 is 161. The van der Waals surface area contributed by atoms with Crippen LogP contribution < -0.4 is 0 Å². The van der Waals surface area contributed by atoms with Crippen LogP contribution in [0.2, 0.25) is 0 Å². The lowest BCUT2D eigenvalue weighted by Gasteiger charge is -2.37. The van der Waals surface area contributed by atoms with Gasteiger partial charge in [-0.25, -0.2) is 16.8 Å². The summed E-state index contributed by atoms with van der Waals surface area (Å²) >= 11 is 0. The van der Waals surface area contributed by atoms with Gasteiger partial charge in [-0.3, -0.25) is 0 Å². The maximum absolute atomic E-state index is 14.0. The van der Waals surface area contributed by atoms with E-state index in [1.54, 1.807) is 0 Å². The molecule has 1 aliphatic heterocycles. The normalized spacial score (nSPS) is 19.9. The number of likely N-dealkylation sites (N-methyl/N-ethyl adjacent to an activating group) is 1. The van der Waals surface area contributed by atoms with Crippen LogP contribution in [0.4, 0.5) is 30.2 Å². The largest absolute Gasteiger partial charge is 0.429 e. The van der Waals surface area contributed by atoms with Gasteiger partial charge in [0.15, 0.2) is 0 Å². The molecule has 1 rings (SSSR count). The molecule has 0 spiro atoms. The lowest BCUT2D eigenvalue weighted by molar-refractivity contribution is -0.245. The summed E-state index contributed by atoms with van der Waals surface area (Å²) in [5.74, 6) is -7.17. The van der Waals surface area contributed by atoms with Crippen LogP contribution in [0.15, 0.2) is 0 Å². The van der Waals surface area contributed by atoms with Gasteiger partial charge in [-0.2, -0.15) is 39.1 Å². The summed E-state index contributed by atoms with van der Waals surface area (Å²) in [6, 6.07) is 0. The van der Waals surface area contributed by atoms with Gasteiger partial charge in [0, 0.05) is 33.2 Å². The average molecular weight is 489 g/mol. The Morgan fingerprint density at radius 3 is 1.54 bits per heavy atom. The summed E-state index contributed by atoms with van der Waals surface area (Å²) in [6.45, 7) is -2.03. The lowest BCUT2D eigenvalue weighted by Crippen LogP contribution is -2.66.